The van der Waals surface area contributed by atoms with E-state index in [1.807, 2.05) is 43.0 Å². The maximum absolute atomic E-state index is 6.02. The van der Waals surface area contributed by atoms with E-state index < -0.39 is 0 Å². The third kappa shape index (κ3) is 3.15. The molecule has 0 fully saturated rings. The van der Waals surface area contributed by atoms with Crippen LogP contribution in [0.15, 0.2) is 34.6 Å². The molecule has 8 heteroatoms. The molecule has 0 aliphatic heterocycles. The van der Waals surface area contributed by atoms with Crippen molar-refractivity contribution in [3.8, 4) is 0 Å². The highest BCUT2D eigenvalue weighted by molar-refractivity contribution is 7.99. The number of aromatic amines is 1. The molecule has 0 saturated heterocycles. The van der Waals surface area contributed by atoms with Crippen LogP contribution >= 0.6 is 23.4 Å². The minimum absolute atomic E-state index is 0.190. The van der Waals surface area contributed by atoms with Crippen molar-refractivity contribution >= 4 is 40.3 Å². The quantitative estimate of drug-likeness (QED) is 0.771. The molecule has 0 aliphatic carbocycles. The summed E-state index contributed by atoms with van der Waals surface area (Å²) >= 11 is 7.36. The Balaban J connectivity index is 1.91. The number of nitrogens with zero attached hydrogens (tertiary/aromatic N) is 5. The first-order chi connectivity index (χ1) is 10.7. The van der Waals surface area contributed by atoms with E-state index in [4.69, 9.17) is 11.6 Å². The standard InChI is InChI=1S/C14H15ClN6S/c1-3-21(4-2)12-18-11(15)19-14(20-12)22-13-16-9-7-5-6-8-10(9)17-13/h5-8H,3-4H2,1-2H3,(H,16,17). The van der Waals surface area contributed by atoms with Gasteiger partial charge in [0.1, 0.15) is 0 Å². The van der Waals surface area contributed by atoms with Crippen LogP contribution in [0.3, 0.4) is 0 Å². The molecule has 0 saturated carbocycles. The fourth-order valence-electron chi connectivity index (χ4n) is 2.08. The normalized spacial score (nSPS) is 11.0. The van der Waals surface area contributed by atoms with Gasteiger partial charge in [-0.05, 0) is 49.3 Å². The average molecular weight is 335 g/mol. The molecule has 0 atom stereocenters. The number of hydrogen-bond donors (Lipinski definition) is 1. The number of fused-ring (bicyclic) bond motifs is 1. The Morgan fingerprint density at radius 3 is 2.59 bits per heavy atom. The summed E-state index contributed by atoms with van der Waals surface area (Å²) < 4.78 is 0. The first-order valence-electron chi connectivity index (χ1n) is 6.98. The van der Waals surface area contributed by atoms with Crippen molar-refractivity contribution in [2.75, 3.05) is 18.0 Å². The lowest BCUT2D eigenvalue weighted by atomic mass is 10.3. The fourth-order valence-corrected chi connectivity index (χ4v) is 3.02. The van der Waals surface area contributed by atoms with E-state index in [1.54, 1.807) is 0 Å². The van der Waals surface area contributed by atoms with E-state index in [1.165, 1.54) is 11.8 Å². The van der Waals surface area contributed by atoms with Gasteiger partial charge in [-0.2, -0.15) is 15.0 Å². The van der Waals surface area contributed by atoms with Crippen LogP contribution in [0.1, 0.15) is 13.8 Å². The number of halogens is 1. The van der Waals surface area contributed by atoms with Gasteiger partial charge in [0.05, 0.1) is 11.0 Å². The van der Waals surface area contributed by atoms with Gasteiger partial charge in [0.15, 0.2) is 5.16 Å². The summed E-state index contributed by atoms with van der Waals surface area (Å²) in [5, 5.41) is 1.45. The topological polar surface area (TPSA) is 70.6 Å². The number of imidazole rings is 1. The Labute approximate surface area is 137 Å². The second-order valence-corrected chi connectivity index (χ2v) is 5.81. The van der Waals surface area contributed by atoms with E-state index in [0.717, 1.165) is 29.3 Å². The highest BCUT2D eigenvalue weighted by atomic mass is 35.5. The van der Waals surface area contributed by atoms with Crippen LogP contribution < -0.4 is 4.90 Å². The number of nitrogens with one attached hydrogen (secondary N) is 1. The van der Waals surface area contributed by atoms with Crippen molar-refractivity contribution in [1.29, 1.82) is 0 Å². The van der Waals surface area contributed by atoms with Crippen LogP contribution in [0.25, 0.3) is 11.0 Å². The van der Waals surface area contributed by atoms with Crippen LogP contribution in [-0.4, -0.2) is 38.0 Å². The zero-order chi connectivity index (χ0) is 15.5. The van der Waals surface area contributed by atoms with Crippen molar-refractivity contribution in [3.63, 3.8) is 0 Å². The van der Waals surface area contributed by atoms with Gasteiger partial charge in [0.25, 0.3) is 0 Å². The molecule has 0 radical (unpaired) electrons. The average Bonchev–Trinajstić information content (AvgIpc) is 2.90. The van der Waals surface area contributed by atoms with Gasteiger partial charge in [-0.25, -0.2) is 4.98 Å². The molecule has 114 valence electrons. The summed E-state index contributed by atoms with van der Waals surface area (Å²) in [5.41, 5.74) is 1.89. The van der Waals surface area contributed by atoms with Gasteiger partial charge >= 0.3 is 0 Å². The maximum atomic E-state index is 6.02. The minimum Gasteiger partial charge on any atom is -0.341 e. The Kier molecular flexibility index (Phi) is 4.44. The van der Waals surface area contributed by atoms with E-state index in [0.29, 0.717) is 11.1 Å². The largest absolute Gasteiger partial charge is 0.341 e. The van der Waals surface area contributed by atoms with Crippen molar-refractivity contribution in [3.05, 3.63) is 29.5 Å². The molecule has 0 unspecified atom stereocenters. The number of benzene rings is 1. The van der Waals surface area contributed by atoms with Crippen LogP contribution in [0.4, 0.5) is 5.95 Å². The smallest absolute Gasteiger partial charge is 0.230 e. The summed E-state index contributed by atoms with van der Waals surface area (Å²) in [7, 11) is 0. The molecule has 2 aromatic heterocycles. The zero-order valence-corrected chi connectivity index (χ0v) is 13.8. The molecule has 22 heavy (non-hydrogen) atoms. The van der Waals surface area contributed by atoms with Gasteiger partial charge in [-0.1, -0.05) is 12.1 Å². The molecule has 0 amide bonds. The molecule has 0 spiro atoms. The van der Waals surface area contributed by atoms with Crippen molar-refractivity contribution < 1.29 is 0 Å². The monoisotopic (exact) mass is 334 g/mol. The van der Waals surface area contributed by atoms with Crippen molar-refractivity contribution in [2.45, 2.75) is 24.2 Å². The predicted octanol–water partition coefficient (Wildman–Crippen LogP) is 3.40. The zero-order valence-electron chi connectivity index (χ0n) is 12.2. The molecule has 2 heterocycles. The first-order valence-corrected chi connectivity index (χ1v) is 8.18. The van der Waals surface area contributed by atoms with Crippen LogP contribution in [-0.2, 0) is 0 Å². The third-order valence-electron chi connectivity index (χ3n) is 3.18. The second-order valence-electron chi connectivity index (χ2n) is 4.52. The SMILES string of the molecule is CCN(CC)c1nc(Cl)nc(Sc2nc3ccccc3[nH]2)n1. The fraction of sp³-hybridized carbons (Fsp3) is 0.286. The molecule has 1 N–H and O–H groups in total. The summed E-state index contributed by atoms with van der Waals surface area (Å²) in [4.78, 5) is 22.6. The number of H-pyrrole nitrogens is 1. The highest BCUT2D eigenvalue weighted by Gasteiger charge is 2.13. The van der Waals surface area contributed by atoms with Crippen molar-refractivity contribution in [2.24, 2.45) is 0 Å². The number of aromatic nitrogens is 5. The summed E-state index contributed by atoms with van der Waals surface area (Å²) in [6, 6.07) is 7.86. The lowest BCUT2D eigenvalue weighted by Crippen LogP contribution is -2.24. The predicted molar refractivity (Wildman–Crippen MR) is 88.6 cm³/mol. The number of rotatable bonds is 5. The lowest BCUT2D eigenvalue weighted by molar-refractivity contribution is 0.781. The molecule has 3 aromatic rings. The summed E-state index contributed by atoms with van der Waals surface area (Å²) in [5.74, 6) is 0.587. The van der Waals surface area contributed by atoms with E-state index >= 15 is 0 Å². The number of para-hydroxylation sites is 2. The van der Waals surface area contributed by atoms with Gasteiger partial charge in [0.2, 0.25) is 16.4 Å². The number of anilines is 1. The van der Waals surface area contributed by atoms with Crippen LogP contribution in [0, 0.1) is 0 Å². The second kappa shape index (κ2) is 6.50. The molecular weight excluding hydrogens is 320 g/mol. The van der Waals surface area contributed by atoms with Crippen molar-refractivity contribution in [1.82, 2.24) is 24.9 Å². The molecule has 0 aliphatic rings. The Morgan fingerprint density at radius 1 is 1.09 bits per heavy atom. The van der Waals surface area contributed by atoms with Gasteiger partial charge in [0, 0.05) is 13.1 Å². The molecule has 0 bridgehead atoms. The summed E-state index contributed by atoms with van der Waals surface area (Å²) in [6.07, 6.45) is 0. The van der Waals surface area contributed by atoms with Gasteiger partial charge < -0.3 is 9.88 Å². The third-order valence-corrected chi connectivity index (χ3v) is 4.10. The molecule has 1 aromatic carbocycles. The first kappa shape index (κ1) is 15.1. The van der Waals surface area contributed by atoms with Crippen LogP contribution in [0.5, 0.6) is 0 Å². The van der Waals surface area contributed by atoms with E-state index in [9.17, 15) is 0 Å². The van der Waals surface area contributed by atoms with Gasteiger partial charge in [-0.3, -0.25) is 0 Å². The highest BCUT2D eigenvalue weighted by Crippen LogP contribution is 2.26. The molecule has 3 rings (SSSR count). The van der Waals surface area contributed by atoms with Gasteiger partial charge in [-0.15, -0.1) is 0 Å². The van der Waals surface area contributed by atoms with E-state index in [2.05, 4.69) is 24.9 Å². The van der Waals surface area contributed by atoms with Crippen LogP contribution in [0.2, 0.25) is 5.28 Å². The summed E-state index contributed by atoms with van der Waals surface area (Å²) in [6.45, 7) is 5.72. The van der Waals surface area contributed by atoms with E-state index in [-0.39, 0.29) is 5.28 Å². The minimum atomic E-state index is 0.190. The molecule has 6 nitrogen and oxygen atoms in total. The number of hydrogen-bond acceptors (Lipinski definition) is 6. The maximum Gasteiger partial charge on any atom is 0.230 e. The lowest BCUT2D eigenvalue weighted by Gasteiger charge is -2.18. The Hall–Kier alpha value is -1.86. The molecular formula is C14H15ClN6S. The Bertz CT molecular complexity index is 753. The Morgan fingerprint density at radius 2 is 1.86 bits per heavy atom.